The monoisotopic (exact) mass is 312 g/mol. The van der Waals surface area contributed by atoms with Crippen molar-refractivity contribution < 1.29 is 4.79 Å². The van der Waals surface area contributed by atoms with Gasteiger partial charge in [-0.05, 0) is 17.7 Å². The van der Waals surface area contributed by atoms with Crippen LogP contribution < -0.4 is 5.32 Å². The third-order valence-electron chi connectivity index (χ3n) is 3.12. The predicted molar refractivity (Wildman–Crippen MR) is 85.0 cm³/mol. The van der Waals surface area contributed by atoms with Crippen molar-refractivity contribution in [3.63, 3.8) is 0 Å². The molecule has 0 spiro atoms. The Morgan fingerprint density at radius 3 is 2.64 bits per heavy atom. The summed E-state index contributed by atoms with van der Waals surface area (Å²) in [4.78, 5) is 20.2. The largest absolute Gasteiger partial charge is 0.339 e. The molecule has 0 aliphatic rings. The molecule has 3 aromatic rings. The van der Waals surface area contributed by atoms with Crippen molar-refractivity contribution in [1.82, 2.24) is 14.5 Å². The third-order valence-corrected chi connectivity index (χ3v) is 3.32. The van der Waals surface area contributed by atoms with Crippen LogP contribution in [0.4, 0.5) is 5.82 Å². The van der Waals surface area contributed by atoms with Gasteiger partial charge in [0.2, 0.25) is 0 Å². The molecule has 0 saturated heterocycles. The molecule has 2 aromatic heterocycles. The van der Waals surface area contributed by atoms with Gasteiger partial charge < -0.3 is 9.88 Å². The Kier molecular flexibility index (Phi) is 4.16. The van der Waals surface area contributed by atoms with Gasteiger partial charge in [0.05, 0.1) is 12.4 Å². The first-order valence-corrected chi connectivity index (χ1v) is 7.08. The summed E-state index contributed by atoms with van der Waals surface area (Å²) in [5, 5.41) is 2.99. The fourth-order valence-corrected chi connectivity index (χ4v) is 2.19. The maximum absolute atomic E-state index is 12.3. The molecular formula is C16H13ClN4O. The number of carbonyl (C=O) groups excluding carboxylic acids is 1. The molecule has 0 radical (unpaired) electrons. The Labute approximate surface area is 132 Å². The number of nitrogens with one attached hydrogen (secondary N) is 1. The smallest absolute Gasteiger partial charge is 0.273 e. The van der Waals surface area contributed by atoms with Crippen LogP contribution in [0.25, 0.3) is 0 Å². The Balaban J connectivity index is 1.76. The normalized spacial score (nSPS) is 10.4. The molecule has 6 heteroatoms. The molecule has 0 atom stereocenters. The van der Waals surface area contributed by atoms with E-state index in [1.54, 1.807) is 6.07 Å². The van der Waals surface area contributed by atoms with Crippen molar-refractivity contribution in [3.05, 3.63) is 77.5 Å². The first-order valence-electron chi connectivity index (χ1n) is 6.70. The highest BCUT2D eigenvalue weighted by atomic mass is 35.5. The standard InChI is InChI=1S/C16H13ClN4O/c17-14-9-19-15(10-18-14)20-16(22)13-7-4-8-21(13)11-12-5-2-1-3-6-12/h1-10H,11H2,(H,19,20,22). The lowest BCUT2D eigenvalue weighted by molar-refractivity contribution is 0.101. The number of carbonyl (C=O) groups is 1. The second kappa shape index (κ2) is 6.41. The van der Waals surface area contributed by atoms with Crippen molar-refractivity contribution >= 4 is 23.3 Å². The van der Waals surface area contributed by atoms with E-state index in [1.165, 1.54) is 12.4 Å². The maximum atomic E-state index is 12.3. The Hall–Kier alpha value is -2.66. The fraction of sp³-hybridized carbons (Fsp3) is 0.0625. The van der Waals surface area contributed by atoms with Crippen molar-refractivity contribution in [3.8, 4) is 0 Å². The van der Waals surface area contributed by atoms with Gasteiger partial charge in [0, 0.05) is 12.7 Å². The van der Waals surface area contributed by atoms with Crippen LogP contribution in [0.15, 0.2) is 61.1 Å². The van der Waals surface area contributed by atoms with Crippen LogP contribution in [0, 0.1) is 0 Å². The van der Waals surface area contributed by atoms with Crippen molar-refractivity contribution in [2.75, 3.05) is 5.32 Å². The lowest BCUT2D eigenvalue weighted by atomic mass is 10.2. The average molecular weight is 313 g/mol. The summed E-state index contributed by atoms with van der Waals surface area (Å²) in [5.74, 6) is 0.124. The van der Waals surface area contributed by atoms with Crippen LogP contribution in [0.5, 0.6) is 0 Å². The molecule has 1 amide bonds. The van der Waals surface area contributed by atoms with Crippen LogP contribution in [-0.4, -0.2) is 20.4 Å². The van der Waals surface area contributed by atoms with E-state index in [0.717, 1.165) is 5.56 Å². The maximum Gasteiger partial charge on any atom is 0.273 e. The minimum absolute atomic E-state index is 0.238. The van der Waals surface area contributed by atoms with E-state index in [1.807, 2.05) is 47.2 Å². The molecule has 0 fully saturated rings. The highest BCUT2D eigenvalue weighted by molar-refractivity contribution is 6.29. The van der Waals surface area contributed by atoms with Gasteiger partial charge in [0.1, 0.15) is 10.8 Å². The molecule has 110 valence electrons. The second-order valence-corrected chi connectivity index (χ2v) is 5.07. The average Bonchev–Trinajstić information content (AvgIpc) is 2.99. The highest BCUT2D eigenvalue weighted by Crippen LogP contribution is 2.11. The number of rotatable bonds is 4. The number of aromatic nitrogens is 3. The highest BCUT2D eigenvalue weighted by Gasteiger charge is 2.12. The molecule has 0 bridgehead atoms. The van der Waals surface area contributed by atoms with Gasteiger partial charge in [-0.25, -0.2) is 9.97 Å². The van der Waals surface area contributed by atoms with Gasteiger partial charge >= 0.3 is 0 Å². The number of nitrogens with zero attached hydrogens (tertiary/aromatic N) is 3. The molecule has 0 aliphatic heterocycles. The molecule has 22 heavy (non-hydrogen) atoms. The van der Waals surface area contributed by atoms with E-state index in [9.17, 15) is 4.79 Å². The zero-order valence-corrected chi connectivity index (χ0v) is 12.4. The number of hydrogen-bond donors (Lipinski definition) is 1. The van der Waals surface area contributed by atoms with Crippen molar-refractivity contribution in [2.24, 2.45) is 0 Å². The second-order valence-electron chi connectivity index (χ2n) is 4.69. The summed E-state index contributed by atoms with van der Waals surface area (Å²) in [6.45, 7) is 0.628. The summed E-state index contributed by atoms with van der Waals surface area (Å²) < 4.78 is 1.88. The van der Waals surface area contributed by atoms with Crippen LogP contribution in [0.1, 0.15) is 16.1 Å². The number of halogens is 1. The first-order chi connectivity index (χ1) is 10.7. The van der Waals surface area contributed by atoms with Crippen LogP contribution in [-0.2, 0) is 6.54 Å². The topological polar surface area (TPSA) is 59.8 Å². The van der Waals surface area contributed by atoms with Gasteiger partial charge in [0.15, 0.2) is 5.82 Å². The van der Waals surface area contributed by atoms with Crippen LogP contribution >= 0.6 is 11.6 Å². The molecule has 3 rings (SSSR count). The van der Waals surface area contributed by atoms with E-state index in [0.29, 0.717) is 18.1 Å². The molecule has 5 nitrogen and oxygen atoms in total. The Morgan fingerprint density at radius 1 is 1.09 bits per heavy atom. The predicted octanol–water partition coefficient (Wildman–Crippen LogP) is 3.23. The van der Waals surface area contributed by atoms with Gasteiger partial charge in [-0.15, -0.1) is 0 Å². The van der Waals surface area contributed by atoms with Crippen molar-refractivity contribution in [1.29, 1.82) is 0 Å². The minimum Gasteiger partial charge on any atom is -0.339 e. The van der Waals surface area contributed by atoms with Crippen LogP contribution in [0.2, 0.25) is 5.15 Å². The lowest BCUT2D eigenvalue weighted by Crippen LogP contribution is -2.18. The van der Waals surface area contributed by atoms with E-state index >= 15 is 0 Å². The summed E-state index contributed by atoms with van der Waals surface area (Å²) >= 11 is 5.67. The van der Waals surface area contributed by atoms with Gasteiger partial charge in [-0.1, -0.05) is 41.9 Å². The van der Waals surface area contributed by atoms with Gasteiger partial charge in [0.25, 0.3) is 5.91 Å². The quantitative estimate of drug-likeness (QED) is 0.804. The lowest BCUT2D eigenvalue weighted by Gasteiger charge is -2.09. The Morgan fingerprint density at radius 2 is 1.91 bits per heavy atom. The fourth-order valence-electron chi connectivity index (χ4n) is 2.10. The van der Waals surface area contributed by atoms with E-state index in [-0.39, 0.29) is 11.1 Å². The summed E-state index contributed by atoms with van der Waals surface area (Å²) in [6.07, 6.45) is 4.68. The van der Waals surface area contributed by atoms with E-state index < -0.39 is 0 Å². The van der Waals surface area contributed by atoms with E-state index in [4.69, 9.17) is 11.6 Å². The molecule has 0 unspecified atom stereocenters. The zero-order chi connectivity index (χ0) is 15.4. The number of anilines is 1. The van der Waals surface area contributed by atoms with Gasteiger partial charge in [-0.2, -0.15) is 0 Å². The molecule has 0 saturated carbocycles. The molecule has 1 N–H and O–H groups in total. The number of benzene rings is 1. The first kappa shape index (κ1) is 14.3. The number of hydrogen-bond acceptors (Lipinski definition) is 3. The molecular weight excluding hydrogens is 300 g/mol. The summed E-state index contributed by atoms with van der Waals surface area (Å²) in [7, 11) is 0. The molecule has 0 aliphatic carbocycles. The van der Waals surface area contributed by atoms with E-state index in [2.05, 4.69) is 15.3 Å². The summed E-state index contributed by atoms with van der Waals surface area (Å²) in [5.41, 5.74) is 1.68. The Bertz CT molecular complexity index is 768. The minimum atomic E-state index is -0.238. The number of amides is 1. The SMILES string of the molecule is O=C(Nc1cnc(Cl)cn1)c1cccn1Cc1ccccc1. The van der Waals surface area contributed by atoms with Crippen LogP contribution in [0.3, 0.4) is 0 Å². The molecule has 2 heterocycles. The van der Waals surface area contributed by atoms with Crippen molar-refractivity contribution in [2.45, 2.75) is 6.54 Å². The molecule has 1 aromatic carbocycles. The van der Waals surface area contributed by atoms with Gasteiger partial charge in [-0.3, -0.25) is 4.79 Å². The zero-order valence-electron chi connectivity index (χ0n) is 11.6. The summed E-state index contributed by atoms with van der Waals surface area (Å²) in [6, 6.07) is 13.6. The third kappa shape index (κ3) is 3.32.